The number of hydrogen-bond donors (Lipinski definition) is 1. The van der Waals surface area contributed by atoms with Crippen molar-refractivity contribution >= 4 is 43.3 Å². The van der Waals surface area contributed by atoms with Gasteiger partial charge in [-0.2, -0.15) is 0 Å². The molecular formula is C18H13BrN4S. The summed E-state index contributed by atoms with van der Waals surface area (Å²) in [5.41, 5.74) is 3.42. The van der Waals surface area contributed by atoms with Crippen molar-refractivity contribution in [2.75, 3.05) is 5.32 Å². The monoisotopic (exact) mass is 396 g/mol. The SMILES string of the molecule is Brc1ccc(-c2csc3ncnc(NCc4cccnc4)c23)cc1. The Hall–Kier alpha value is -2.31. The van der Waals surface area contributed by atoms with Gasteiger partial charge in [-0.3, -0.25) is 4.98 Å². The Kier molecular flexibility index (Phi) is 4.23. The van der Waals surface area contributed by atoms with Gasteiger partial charge in [0, 0.05) is 34.4 Å². The molecule has 0 spiro atoms. The second-order valence-corrected chi connectivity index (χ2v) is 7.05. The number of hydrogen-bond acceptors (Lipinski definition) is 5. The van der Waals surface area contributed by atoms with E-state index < -0.39 is 0 Å². The molecule has 4 nitrogen and oxygen atoms in total. The number of nitrogens with zero attached hydrogens (tertiary/aromatic N) is 3. The van der Waals surface area contributed by atoms with Crippen molar-refractivity contribution < 1.29 is 0 Å². The molecule has 0 aliphatic heterocycles. The van der Waals surface area contributed by atoms with Crippen LogP contribution in [-0.2, 0) is 6.54 Å². The molecule has 1 N–H and O–H groups in total. The third-order valence-electron chi connectivity index (χ3n) is 3.71. The van der Waals surface area contributed by atoms with Crippen LogP contribution in [0.1, 0.15) is 5.56 Å². The summed E-state index contributed by atoms with van der Waals surface area (Å²) in [7, 11) is 0. The van der Waals surface area contributed by atoms with Gasteiger partial charge in [0.1, 0.15) is 17.0 Å². The molecule has 1 aromatic carbocycles. The summed E-state index contributed by atoms with van der Waals surface area (Å²) in [6.07, 6.45) is 5.24. The van der Waals surface area contributed by atoms with E-state index >= 15 is 0 Å². The fourth-order valence-corrected chi connectivity index (χ4v) is 3.72. The largest absolute Gasteiger partial charge is 0.365 e. The highest BCUT2D eigenvalue weighted by Gasteiger charge is 2.13. The standard InChI is InChI=1S/C18H13BrN4S/c19-14-5-3-13(4-6-14)15-10-24-18-16(15)17(22-11-23-18)21-9-12-2-1-7-20-8-12/h1-8,10-11H,9H2,(H,21,22,23). The molecule has 4 aromatic rings. The van der Waals surface area contributed by atoms with Crippen LogP contribution in [0.3, 0.4) is 0 Å². The van der Waals surface area contributed by atoms with Crippen LogP contribution in [0.2, 0.25) is 0 Å². The minimum Gasteiger partial charge on any atom is -0.365 e. The van der Waals surface area contributed by atoms with Gasteiger partial charge in [-0.15, -0.1) is 11.3 Å². The molecule has 3 aromatic heterocycles. The third kappa shape index (κ3) is 3.02. The van der Waals surface area contributed by atoms with E-state index in [0.29, 0.717) is 6.54 Å². The van der Waals surface area contributed by atoms with E-state index in [1.807, 2.05) is 30.5 Å². The van der Waals surface area contributed by atoms with E-state index in [1.54, 1.807) is 23.9 Å². The average Bonchev–Trinajstić information content (AvgIpc) is 3.06. The number of thiophene rings is 1. The summed E-state index contributed by atoms with van der Waals surface area (Å²) >= 11 is 5.12. The maximum atomic E-state index is 4.45. The first-order chi connectivity index (χ1) is 11.8. The maximum Gasteiger partial charge on any atom is 0.139 e. The summed E-state index contributed by atoms with van der Waals surface area (Å²) in [5, 5.41) is 6.62. The Morgan fingerprint density at radius 3 is 2.75 bits per heavy atom. The second-order valence-electron chi connectivity index (χ2n) is 5.27. The Morgan fingerprint density at radius 2 is 1.96 bits per heavy atom. The molecule has 0 atom stereocenters. The van der Waals surface area contributed by atoms with Crippen molar-refractivity contribution in [2.24, 2.45) is 0 Å². The lowest BCUT2D eigenvalue weighted by molar-refractivity contribution is 1.08. The zero-order chi connectivity index (χ0) is 16.4. The molecule has 0 aliphatic carbocycles. The minimum absolute atomic E-state index is 0.676. The zero-order valence-electron chi connectivity index (χ0n) is 12.6. The molecule has 0 aliphatic rings. The summed E-state index contributed by atoms with van der Waals surface area (Å²) in [5.74, 6) is 0.850. The summed E-state index contributed by atoms with van der Waals surface area (Å²) in [6, 6.07) is 12.3. The Labute approximate surface area is 151 Å². The van der Waals surface area contributed by atoms with Gasteiger partial charge >= 0.3 is 0 Å². The molecule has 0 saturated heterocycles. The lowest BCUT2D eigenvalue weighted by Crippen LogP contribution is -2.02. The number of nitrogens with one attached hydrogen (secondary N) is 1. The number of halogens is 1. The van der Waals surface area contributed by atoms with Crippen LogP contribution in [0.25, 0.3) is 21.3 Å². The highest BCUT2D eigenvalue weighted by Crippen LogP contribution is 2.36. The van der Waals surface area contributed by atoms with Gasteiger partial charge < -0.3 is 5.32 Å². The third-order valence-corrected chi connectivity index (χ3v) is 5.12. The van der Waals surface area contributed by atoms with E-state index in [-0.39, 0.29) is 0 Å². The second kappa shape index (κ2) is 6.67. The molecular weight excluding hydrogens is 384 g/mol. The summed E-state index contributed by atoms with van der Waals surface area (Å²) in [4.78, 5) is 14.0. The Morgan fingerprint density at radius 1 is 1.08 bits per heavy atom. The average molecular weight is 397 g/mol. The van der Waals surface area contributed by atoms with E-state index in [9.17, 15) is 0 Å². The quantitative estimate of drug-likeness (QED) is 0.519. The van der Waals surface area contributed by atoms with Gasteiger partial charge in [0.2, 0.25) is 0 Å². The number of fused-ring (bicyclic) bond motifs is 1. The number of benzene rings is 1. The molecule has 4 rings (SSSR count). The molecule has 0 fully saturated rings. The van der Waals surface area contributed by atoms with Gasteiger partial charge in [-0.25, -0.2) is 9.97 Å². The topological polar surface area (TPSA) is 50.7 Å². The van der Waals surface area contributed by atoms with Gasteiger partial charge in [0.05, 0.1) is 5.39 Å². The molecule has 0 saturated carbocycles. The fourth-order valence-electron chi connectivity index (χ4n) is 2.54. The van der Waals surface area contributed by atoms with Crippen molar-refractivity contribution in [1.29, 1.82) is 0 Å². The number of aromatic nitrogens is 3. The van der Waals surface area contributed by atoms with Crippen LogP contribution in [-0.4, -0.2) is 15.0 Å². The first-order valence-electron chi connectivity index (χ1n) is 7.42. The summed E-state index contributed by atoms with van der Waals surface area (Å²) in [6.45, 7) is 0.676. The van der Waals surface area contributed by atoms with E-state index in [2.05, 4.69) is 53.7 Å². The minimum atomic E-state index is 0.676. The predicted octanol–water partition coefficient (Wildman–Crippen LogP) is 5.13. The van der Waals surface area contributed by atoms with Crippen LogP contribution in [0, 0.1) is 0 Å². The van der Waals surface area contributed by atoms with Crippen LogP contribution >= 0.6 is 27.3 Å². The van der Waals surface area contributed by atoms with Crippen LogP contribution in [0.5, 0.6) is 0 Å². The number of anilines is 1. The molecule has 24 heavy (non-hydrogen) atoms. The fraction of sp³-hybridized carbons (Fsp3) is 0.0556. The highest BCUT2D eigenvalue weighted by molar-refractivity contribution is 9.10. The molecule has 3 heterocycles. The number of pyridine rings is 1. The Balaban J connectivity index is 1.73. The first-order valence-corrected chi connectivity index (χ1v) is 9.09. The smallest absolute Gasteiger partial charge is 0.139 e. The van der Waals surface area contributed by atoms with E-state index in [0.717, 1.165) is 37.2 Å². The van der Waals surface area contributed by atoms with Crippen LogP contribution < -0.4 is 5.32 Å². The van der Waals surface area contributed by atoms with Crippen molar-refractivity contribution in [1.82, 2.24) is 15.0 Å². The van der Waals surface area contributed by atoms with Crippen molar-refractivity contribution in [2.45, 2.75) is 6.54 Å². The predicted molar refractivity (Wildman–Crippen MR) is 102 cm³/mol. The van der Waals surface area contributed by atoms with Crippen molar-refractivity contribution in [3.05, 3.63) is 70.5 Å². The van der Waals surface area contributed by atoms with Crippen LogP contribution in [0.15, 0.2) is 65.0 Å². The summed E-state index contributed by atoms with van der Waals surface area (Å²) < 4.78 is 1.07. The van der Waals surface area contributed by atoms with E-state index in [4.69, 9.17) is 0 Å². The lowest BCUT2D eigenvalue weighted by atomic mass is 10.1. The molecule has 0 unspecified atom stereocenters. The zero-order valence-corrected chi connectivity index (χ0v) is 15.0. The lowest BCUT2D eigenvalue weighted by Gasteiger charge is -2.08. The molecule has 0 bridgehead atoms. The number of rotatable bonds is 4. The normalized spacial score (nSPS) is 10.9. The van der Waals surface area contributed by atoms with Gasteiger partial charge in [0.25, 0.3) is 0 Å². The van der Waals surface area contributed by atoms with Crippen LogP contribution in [0.4, 0.5) is 5.82 Å². The van der Waals surface area contributed by atoms with E-state index in [1.165, 1.54) is 0 Å². The molecule has 0 amide bonds. The van der Waals surface area contributed by atoms with Crippen molar-refractivity contribution in [3.63, 3.8) is 0 Å². The maximum absolute atomic E-state index is 4.45. The molecule has 118 valence electrons. The van der Waals surface area contributed by atoms with Crippen molar-refractivity contribution in [3.8, 4) is 11.1 Å². The highest BCUT2D eigenvalue weighted by atomic mass is 79.9. The first kappa shape index (κ1) is 15.2. The van der Waals surface area contributed by atoms with Gasteiger partial charge in [-0.05, 0) is 29.3 Å². The van der Waals surface area contributed by atoms with Gasteiger partial charge in [0.15, 0.2) is 0 Å². The Bertz CT molecular complexity index is 967. The molecule has 6 heteroatoms. The molecule has 0 radical (unpaired) electrons. The van der Waals surface area contributed by atoms with Gasteiger partial charge in [-0.1, -0.05) is 34.1 Å².